The van der Waals surface area contributed by atoms with Gasteiger partial charge in [-0.25, -0.2) is 13.8 Å². The van der Waals surface area contributed by atoms with E-state index in [-0.39, 0.29) is 18.8 Å². The predicted octanol–water partition coefficient (Wildman–Crippen LogP) is 5.05. The molecule has 35 heavy (non-hydrogen) atoms. The van der Waals surface area contributed by atoms with E-state index in [4.69, 9.17) is 9.47 Å². The van der Waals surface area contributed by atoms with E-state index in [2.05, 4.69) is 20.4 Å². The number of nitrogens with one attached hydrogen (secondary N) is 1. The first-order chi connectivity index (χ1) is 16.9. The van der Waals surface area contributed by atoms with Gasteiger partial charge in [-0.05, 0) is 31.0 Å². The monoisotopic (exact) mass is 483 g/mol. The third kappa shape index (κ3) is 4.72. The molecule has 10 heteroatoms. The second kappa shape index (κ2) is 8.53. The van der Waals surface area contributed by atoms with Gasteiger partial charge in [0.1, 0.15) is 22.9 Å². The van der Waals surface area contributed by atoms with Crippen LogP contribution < -0.4 is 10.1 Å². The molecule has 2 saturated carbocycles. The predicted molar refractivity (Wildman–Crippen MR) is 123 cm³/mol. The first-order valence-electron chi connectivity index (χ1n) is 12.0. The third-order valence-corrected chi connectivity index (χ3v) is 6.91. The Labute approximate surface area is 201 Å². The van der Waals surface area contributed by atoms with Crippen molar-refractivity contribution < 1.29 is 23.4 Å². The van der Waals surface area contributed by atoms with Gasteiger partial charge in [0.15, 0.2) is 5.75 Å². The zero-order valence-electron chi connectivity index (χ0n) is 19.2. The molecule has 3 aromatic rings. The highest BCUT2D eigenvalue weighted by Crippen LogP contribution is 2.51. The van der Waals surface area contributed by atoms with E-state index < -0.39 is 11.5 Å². The fourth-order valence-electron chi connectivity index (χ4n) is 4.68. The number of alkyl halides is 2. The first-order valence-corrected chi connectivity index (χ1v) is 12.0. The van der Waals surface area contributed by atoms with Crippen LogP contribution in [0.4, 0.5) is 20.3 Å². The van der Waals surface area contributed by atoms with Crippen LogP contribution in [-0.4, -0.2) is 44.0 Å². The molecular weight excluding hydrogens is 456 g/mol. The van der Waals surface area contributed by atoms with Crippen molar-refractivity contribution in [2.75, 3.05) is 18.5 Å². The quantitative estimate of drug-likeness (QED) is 0.485. The maximum atomic E-state index is 13.5. The van der Waals surface area contributed by atoms with Crippen molar-refractivity contribution in [3.05, 3.63) is 54.2 Å². The molecule has 184 valence electrons. The fraction of sp³-hybridized carbons (Fsp3) is 0.480. The molecule has 3 aromatic heterocycles. The van der Waals surface area contributed by atoms with E-state index in [1.54, 1.807) is 30.6 Å². The average molecular weight is 484 g/mol. The number of anilines is 2. The second-order valence-electron chi connectivity index (χ2n) is 9.73. The molecule has 1 saturated heterocycles. The summed E-state index contributed by atoms with van der Waals surface area (Å²) in [5.41, 5.74) is 0.911. The van der Waals surface area contributed by atoms with Gasteiger partial charge in [-0.1, -0.05) is 0 Å². The topological polar surface area (TPSA) is 94.3 Å². The van der Waals surface area contributed by atoms with Gasteiger partial charge < -0.3 is 19.9 Å². The highest BCUT2D eigenvalue weighted by molar-refractivity contribution is 5.58. The Morgan fingerprint density at radius 2 is 1.86 bits per heavy atom. The molecule has 3 fully saturated rings. The SMILES string of the molecule is OC1(c2cc(Nc3cc(Oc4cn(C5CC5)nc4C4CC(F)(F)C4)ccn3)ccn2)CCOCC1. The van der Waals surface area contributed by atoms with Gasteiger partial charge in [0, 0.05) is 69.0 Å². The molecule has 0 bridgehead atoms. The summed E-state index contributed by atoms with van der Waals surface area (Å²) < 4.78 is 40.4. The average Bonchev–Trinajstić information content (AvgIpc) is 3.59. The highest BCUT2D eigenvalue weighted by atomic mass is 19.3. The molecule has 0 radical (unpaired) electrons. The fourth-order valence-corrected chi connectivity index (χ4v) is 4.68. The Balaban J connectivity index is 1.20. The van der Waals surface area contributed by atoms with Crippen LogP contribution >= 0.6 is 0 Å². The van der Waals surface area contributed by atoms with Crippen LogP contribution in [0.25, 0.3) is 0 Å². The molecule has 8 nitrogen and oxygen atoms in total. The zero-order chi connectivity index (χ0) is 24.0. The van der Waals surface area contributed by atoms with E-state index in [0.29, 0.717) is 60.8 Å². The van der Waals surface area contributed by atoms with Crippen LogP contribution in [0.5, 0.6) is 11.5 Å². The minimum absolute atomic E-state index is 0.197. The van der Waals surface area contributed by atoms with Crippen molar-refractivity contribution in [2.24, 2.45) is 0 Å². The van der Waals surface area contributed by atoms with Gasteiger partial charge in [0.25, 0.3) is 0 Å². The molecule has 4 heterocycles. The number of rotatable bonds is 7. The van der Waals surface area contributed by atoms with Crippen molar-refractivity contribution in [1.82, 2.24) is 19.7 Å². The second-order valence-corrected chi connectivity index (χ2v) is 9.73. The van der Waals surface area contributed by atoms with E-state index in [1.807, 2.05) is 16.9 Å². The van der Waals surface area contributed by atoms with E-state index >= 15 is 0 Å². The summed E-state index contributed by atoms with van der Waals surface area (Å²) in [6.07, 6.45) is 7.77. The largest absolute Gasteiger partial charge is 0.454 e. The minimum Gasteiger partial charge on any atom is -0.454 e. The van der Waals surface area contributed by atoms with Crippen molar-refractivity contribution in [3.8, 4) is 11.5 Å². The summed E-state index contributed by atoms with van der Waals surface area (Å²) in [6, 6.07) is 7.41. The normalized spacial score (nSPS) is 21.3. The van der Waals surface area contributed by atoms with E-state index in [1.165, 1.54) is 0 Å². The highest BCUT2D eigenvalue weighted by Gasteiger charge is 2.48. The van der Waals surface area contributed by atoms with Gasteiger partial charge in [-0.2, -0.15) is 5.10 Å². The van der Waals surface area contributed by atoms with Crippen LogP contribution in [-0.2, 0) is 10.3 Å². The molecule has 6 rings (SSSR count). The van der Waals surface area contributed by atoms with Crippen LogP contribution in [0.2, 0.25) is 0 Å². The van der Waals surface area contributed by atoms with Crippen molar-refractivity contribution >= 4 is 11.5 Å². The number of aromatic nitrogens is 4. The maximum absolute atomic E-state index is 13.5. The molecule has 0 unspecified atom stereocenters. The Kier molecular flexibility index (Phi) is 5.45. The number of hydrogen-bond donors (Lipinski definition) is 2. The lowest BCUT2D eigenvalue weighted by atomic mass is 9.79. The minimum atomic E-state index is -2.62. The Bertz CT molecular complexity index is 1220. The van der Waals surface area contributed by atoms with Gasteiger partial charge >= 0.3 is 0 Å². The molecule has 3 aliphatic rings. The van der Waals surface area contributed by atoms with Crippen molar-refractivity contribution in [3.63, 3.8) is 0 Å². The smallest absolute Gasteiger partial charge is 0.249 e. The summed E-state index contributed by atoms with van der Waals surface area (Å²) in [5, 5.41) is 18.8. The van der Waals surface area contributed by atoms with Crippen molar-refractivity contribution in [1.29, 1.82) is 0 Å². The number of aliphatic hydroxyl groups is 1. The van der Waals surface area contributed by atoms with E-state index in [0.717, 1.165) is 18.5 Å². The molecule has 0 aromatic carbocycles. The van der Waals surface area contributed by atoms with Crippen molar-refractivity contribution in [2.45, 2.75) is 62.0 Å². The molecule has 0 amide bonds. The molecule has 2 N–H and O–H groups in total. The van der Waals surface area contributed by atoms with Gasteiger partial charge in [-0.15, -0.1) is 0 Å². The summed E-state index contributed by atoms with van der Waals surface area (Å²) in [4.78, 5) is 8.74. The molecule has 0 atom stereocenters. The number of ether oxygens (including phenoxy) is 2. The summed E-state index contributed by atoms with van der Waals surface area (Å²) in [6.45, 7) is 0.989. The lowest BCUT2D eigenvalue weighted by Gasteiger charge is -2.34. The van der Waals surface area contributed by atoms with Gasteiger partial charge in [-0.3, -0.25) is 9.67 Å². The summed E-state index contributed by atoms with van der Waals surface area (Å²) in [7, 11) is 0. The number of hydrogen-bond acceptors (Lipinski definition) is 7. The Morgan fingerprint density at radius 1 is 1.09 bits per heavy atom. The Morgan fingerprint density at radius 3 is 2.60 bits per heavy atom. The Hall–Kier alpha value is -3.11. The van der Waals surface area contributed by atoms with Crippen LogP contribution in [0.1, 0.15) is 61.9 Å². The van der Waals surface area contributed by atoms with Crippen LogP contribution in [0.3, 0.4) is 0 Å². The van der Waals surface area contributed by atoms with Crippen LogP contribution in [0, 0.1) is 0 Å². The summed E-state index contributed by atoms with van der Waals surface area (Å²) >= 11 is 0. The maximum Gasteiger partial charge on any atom is 0.249 e. The molecular formula is C25H27F2N5O3. The number of halogens is 2. The summed E-state index contributed by atoms with van der Waals surface area (Å²) in [5.74, 6) is -1.33. The third-order valence-electron chi connectivity index (χ3n) is 6.91. The number of pyridine rings is 2. The molecule has 0 spiro atoms. The zero-order valence-corrected chi connectivity index (χ0v) is 19.2. The molecule has 2 aliphatic carbocycles. The standard InChI is InChI=1S/C25H27F2N5O3/c26-25(27)13-16(14-25)23-20(15-32(31-23)18-1-2-18)35-19-4-8-29-22(12-19)30-17-3-7-28-21(11-17)24(33)5-9-34-10-6-24/h3-4,7-8,11-12,15-16,18,33H,1-2,5-6,9-10,13-14H2,(H,28,29,30). The van der Waals surface area contributed by atoms with Gasteiger partial charge in [0.2, 0.25) is 5.92 Å². The van der Waals surface area contributed by atoms with E-state index in [9.17, 15) is 13.9 Å². The van der Waals surface area contributed by atoms with Gasteiger partial charge in [0.05, 0.1) is 17.9 Å². The first kappa shape index (κ1) is 22.4. The lowest BCUT2D eigenvalue weighted by Crippen LogP contribution is -2.34. The molecule has 1 aliphatic heterocycles. The number of nitrogens with zero attached hydrogens (tertiary/aromatic N) is 4. The lowest BCUT2D eigenvalue weighted by molar-refractivity contribution is -0.0879. The van der Waals surface area contributed by atoms with Crippen LogP contribution in [0.15, 0.2) is 42.9 Å².